The van der Waals surface area contributed by atoms with Crippen molar-refractivity contribution in [2.45, 2.75) is 213 Å². The lowest BCUT2D eigenvalue weighted by atomic mass is 10.0. The quantitative estimate of drug-likeness (QED) is 0.0218. The smallest absolute Gasteiger partial charge is 0.472 e. The average molecular weight is 761 g/mol. The standard InChI is InChI=1S/C43H86NO7P/c1-6-8-10-12-14-16-18-20-21-22-23-24-25-27-29-31-33-35-38-48-40-42(41-50-52(46,47)49-39-37-44(3,4)5)51-43(45)36-34-32-30-28-26-19-17-15-13-11-9-7-2/h35,38,42H,6-34,36-37,39-41H2,1-5H3/p+1/b38-35-/t42-/m1/s1. The molecule has 0 amide bonds. The van der Waals surface area contributed by atoms with Crippen LogP contribution in [0.25, 0.3) is 0 Å². The topological polar surface area (TPSA) is 91.3 Å². The van der Waals surface area contributed by atoms with Gasteiger partial charge in [0.1, 0.15) is 19.8 Å². The molecule has 0 aromatic carbocycles. The Morgan fingerprint density at radius 3 is 1.42 bits per heavy atom. The van der Waals surface area contributed by atoms with Crippen molar-refractivity contribution in [2.75, 3.05) is 47.5 Å². The minimum atomic E-state index is -4.28. The molecule has 0 spiro atoms. The highest BCUT2D eigenvalue weighted by molar-refractivity contribution is 7.47. The maximum atomic E-state index is 12.6. The van der Waals surface area contributed by atoms with Gasteiger partial charge in [-0.2, -0.15) is 0 Å². The van der Waals surface area contributed by atoms with Crippen LogP contribution >= 0.6 is 7.82 Å². The van der Waals surface area contributed by atoms with E-state index in [1.54, 1.807) is 6.26 Å². The maximum absolute atomic E-state index is 12.6. The first-order chi connectivity index (χ1) is 25.1. The van der Waals surface area contributed by atoms with E-state index in [1.165, 1.54) is 154 Å². The Morgan fingerprint density at radius 2 is 1.00 bits per heavy atom. The summed E-state index contributed by atoms with van der Waals surface area (Å²) in [5, 5.41) is 0. The Hall–Kier alpha value is -0.920. The van der Waals surface area contributed by atoms with E-state index >= 15 is 0 Å². The number of ether oxygens (including phenoxy) is 2. The molecule has 0 saturated heterocycles. The second-order valence-corrected chi connectivity index (χ2v) is 17.6. The Balaban J connectivity index is 4.22. The van der Waals surface area contributed by atoms with E-state index in [0.29, 0.717) is 17.4 Å². The van der Waals surface area contributed by atoms with E-state index < -0.39 is 13.9 Å². The highest BCUT2D eigenvalue weighted by Gasteiger charge is 2.26. The first-order valence-electron chi connectivity index (χ1n) is 22.0. The lowest BCUT2D eigenvalue weighted by Gasteiger charge is -2.24. The highest BCUT2D eigenvalue weighted by Crippen LogP contribution is 2.43. The molecule has 0 aromatic heterocycles. The summed E-state index contributed by atoms with van der Waals surface area (Å²) in [4.78, 5) is 22.8. The van der Waals surface area contributed by atoms with Crippen molar-refractivity contribution in [3.63, 3.8) is 0 Å². The van der Waals surface area contributed by atoms with E-state index in [-0.39, 0.29) is 25.8 Å². The molecule has 0 bridgehead atoms. The third kappa shape index (κ3) is 40.3. The predicted molar refractivity (Wildman–Crippen MR) is 219 cm³/mol. The molecule has 2 atom stereocenters. The molecule has 0 aliphatic carbocycles. The summed E-state index contributed by atoms with van der Waals surface area (Å²) in [5.74, 6) is -0.333. The minimum absolute atomic E-state index is 0.0541. The first kappa shape index (κ1) is 51.1. The summed E-state index contributed by atoms with van der Waals surface area (Å²) in [6, 6.07) is 0. The van der Waals surface area contributed by atoms with Crippen LogP contribution in [0.5, 0.6) is 0 Å². The molecule has 8 nitrogen and oxygen atoms in total. The van der Waals surface area contributed by atoms with Crippen LogP contribution in [0.3, 0.4) is 0 Å². The molecule has 0 aliphatic heterocycles. The zero-order chi connectivity index (χ0) is 38.4. The fourth-order valence-electron chi connectivity index (χ4n) is 6.23. The van der Waals surface area contributed by atoms with Crippen LogP contribution in [0.15, 0.2) is 12.3 Å². The van der Waals surface area contributed by atoms with Gasteiger partial charge in [0.15, 0.2) is 6.10 Å². The SMILES string of the molecule is CCCCCCCCCCCCCCCCCC/C=C\OC[C@H](COP(=O)(O)OCC[N+](C)(C)C)OC(=O)CCCCCCCCCCCCCC. The molecule has 0 rings (SSSR count). The maximum Gasteiger partial charge on any atom is 0.472 e. The number of unbranched alkanes of at least 4 members (excludes halogenated alkanes) is 27. The van der Waals surface area contributed by atoms with Crippen LogP contribution in [-0.2, 0) is 27.9 Å². The number of nitrogens with zero attached hydrogens (tertiary/aromatic N) is 1. The van der Waals surface area contributed by atoms with E-state index in [4.69, 9.17) is 18.5 Å². The van der Waals surface area contributed by atoms with Gasteiger partial charge in [0.05, 0.1) is 34.0 Å². The van der Waals surface area contributed by atoms with Crippen LogP contribution in [0.4, 0.5) is 0 Å². The molecule has 9 heteroatoms. The van der Waals surface area contributed by atoms with E-state index in [1.807, 2.05) is 27.2 Å². The molecular weight excluding hydrogens is 673 g/mol. The van der Waals surface area contributed by atoms with E-state index in [9.17, 15) is 14.3 Å². The van der Waals surface area contributed by atoms with Crippen molar-refractivity contribution >= 4 is 13.8 Å². The second-order valence-electron chi connectivity index (χ2n) is 16.2. The van der Waals surface area contributed by atoms with Gasteiger partial charge in [-0.25, -0.2) is 4.57 Å². The average Bonchev–Trinajstić information content (AvgIpc) is 3.09. The number of rotatable bonds is 41. The fourth-order valence-corrected chi connectivity index (χ4v) is 6.97. The van der Waals surface area contributed by atoms with Crippen LogP contribution in [0.2, 0.25) is 0 Å². The lowest BCUT2D eigenvalue weighted by Crippen LogP contribution is -2.37. The number of quaternary nitrogens is 1. The largest absolute Gasteiger partial charge is 0.498 e. The molecule has 0 aliphatic rings. The summed E-state index contributed by atoms with van der Waals surface area (Å²) >= 11 is 0. The Kier molecular flexibility index (Phi) is 36.4. The van der Waals surface area contributed by atoms with Crippen molar-refractivity contribution in [3.05, 3.63) is 12.3 Å². The second kappa shape index (κ2) is 37.0. The number of carbonyl (C=O) groups excluding carboxylic acids is 1. The number of hydrogen-bond acceptors (Lipinski definition) is 6. The zero-order valence-corrected chi connectivity index (χ0v) is 36.0. The molecule has 310 valence electrons. The molecule has 0 aromatic rings. The number of phosphoric acid groups is 1. The van der Waals surface area contributed by atoms with Crippen LogP contribution < -0.4 is 0 Å². The number of carbonyl (C=O) groups is 1. The molecule has 0 saturated carbocycles. The minimum Gasteiger partial charge on any atom is -0.498 e. The van der Waals surface area contributed by atoms with Gasteiger partial charge in [-0.1, -0.05) is 181 Å². The molecule has 52 heavy (non-hydrogen) atoms. The number of hydrogen-bond donors (Lipinski definition) is 1. The normalized spacial score (nSPS) is 13.8. The van der Waals surface area contributed by atoms with E-state index in [2.05, 4.69) is 13.8 Å². The number of phosphoric ester groups is 1. The van der Waals surface area contributed by atoms with Crippen LogP contribution in [0.1, 0.15) is 206 Å². The summed E-state index contributed by atoms with van der Waals surface area (Å²) in [7, 11) is 1.65. The van der Waals surface area contributed by atoms with Gasteiger partial charge < -0.3 is 18.9 Å². The van der Waals surface area contributed by atoms with Crippen LogP contribution in [0, 0.1) is 0 Å². The molecule has 1 unspecified atom stereocenters. The summed E-state index contributed by atoms with van der Waals surface area (Å²) in [6.07, 6.45) is 40.5. The summed E-state index contributed by atoms with van der Waals surface area (Å²) in [6.45, 7) is 4.95. The van der Waals surface area contributed by atoms with Gasteiger partial charge in [-0.15, -0.1) is 0 Å². The van der Waals surface area contributed by atoms with Gasteiger partial charge >= 0.3 is 13.8 Å². The summed E-state index contributed by atoms with van der Waals surface area (Å²) < 4.78 is 34.7. The number of allylic oxidation sites excluding steroid dienone is 1. The molecule has 0 fully saturated rings. The van der Waals surface area contributed by atoms with Crippen LogP contribution in [-0.4, -0.2) is 69.0 Å². The highest BCUT2D eigenvalue weighted by atomic mass is 31.2. The Labute approximate surface area is 322 Å². The molecular formula is C43H87NO7P+. The monoisotopic (exact) mass is 761 g/mol. The van der Waals surface area contributed by atoms with Gasteiger partial charge in [-0.05, 0) is 25.3 Å². The predicted octanol–water partition coefficient (Wildman–Crippen LogP) is 13.0. The zero-order valence-electron chi connectivity index (χ0n) is 35.1. The molecule has 1 N–H and O–H groups in total. The van der Waals surface area contributed by atoms with Crippen molar-refractivity contribution in [2.24, 2.45) is 0 Å². The number of esters is 1. The molecule has 0 radical (unpaired) electrons. The molecule has 0 heterocycles. The van der Waals surface area contributed by atoms with Crippen molar-refractivity contribution < 1.29 is 37.3 Å². The fraction of sp³-hybridized carbons (Fsp3) is 0.930. The van der Waals surface area contributed by atoms with Crippen molar-refractivity contribution in [1.29, 1.82) is 0 Å². The van der Waals surface area contributed by atoms with Gasteiger partial charge in [0.2, 0.25) is 0 Å². The van der Waals surface area contributed by atoms with Crippen molar-refractivity contribution in [1.82, 2.24) is 0 Å². The third-order valence-electron chi connectivity index (χ3n) is 9.67. The van der Waals surface area contributed by atoms with Crippen molar-refractivity contribution in [3.8, 4) is 0 Å². The van der Waals surface area contributed by atoms with E-state index in [0.717, 1.165) is 32.1 Å². The Bertz CT molecular complexity index is 848. The lowest BCUT2D eigenvalue weighted by molar-refractivity contribution is -0.870. The third-order valence-corrected chi connectivity index (χ3v) is 10.7. The van der Waals surface area contributed by atoms with Gasteiger partial charge in [0.25, 0.3) is 0 Å². The van der Waals surface area contributed by atoms with Gasteiger partial charge in [-0.3, -0.25) is 13.8 Å². The Morgan fingerprint density at radius 1 is 0.596 bits per heavy atom. The summed E-state index contributed by atoms with van der Waals surface area (Å²) in [5.41, 5.74) is 0. The number of likely N-dealkylation sites (N-methyl/N-ethyl adjacent to an activating group) is 1. The first-order valence-corrected chi connectivity index (χ1v) is 23.5. The van der Waals surface area contributed by atoms with Gasteiger partial charge in [0, 0.05) is 6.42 Å².